The second-order valence-electron chi connectivity index (χ2n) is 7.57. The zero-order chi connectivity index (χ0) is 21.0. The number of aryl methyl sites for hydroxylation is 2. The van der Waals surface area contributed by atoms with Gasteiger partial charge in [0.25, 0.3) is 5.91 Å². The van der Waals surface area contributed by atoms with E-state index in [1.165, 1.54) is 0 Å². The lowest BCUT2D eigenvalue weighted by Crippen LogP contribution is -2.47. The molecule has 6 nitrogen and oxygen atoms in total. The number of likely N-dealkylation sites (N-methyl/N-ethyl adjacent to an activating group) is 1. The molecule has 0 bridgehead atoms. The zero-order valence-corrected chi connectivity index (χ0v) is 18.1. The molecule has 156 valence electrons. The fourth-order valence-corrected chi connectivity index (χ4v) is 5.02. The molecule has 0 aliphatic carbocycles. The van der Waals surface area contributed by atoms with E-state index in [2.05, 4.69) is 17.1 Å². The Morgan fingerprint density at radius 3 is 2.31 bits per heavy atom. The van der Waals surface area contributed by atoms with Crippen molar-refractivity contribution in [1.29, 1.82) is 0 Å². The van der Waals surface area contributed by atoms with Crippen LogP contribution < -0.4 is 5.32 Å². The van der Waals surface area contributed by atoms with Gasteiger partial charge in [-0.05, 0) is 49.2 Å². The van der Waals surface area contributed by atoms with Crippen molar-refractivity contribution in [2.45, 2.75) is 26.0 Å². The summed E-state index contributed by atoms with van der Waals surface area (Å²) >= 11 is 0. The molecule has 7 heteroatoms. The van der Waals surface area contributed by atoms with Crippen LogP contribution in [0.25, 0.3) is 0 Å². The third kappa shape index (κ3) is 5.23. The molecule has 3 rings (SSSR count). The number of nitrogens with zero attached hydrogens (tertiary/aromatic N) is 2. The highest BCUT2D eigenvalue weighted by Gasteiger charge is 2.25. The van der Waals surface area contributed by atoms with E-state index >= 15 is 0 Å². The second kappa shape index (κ2) is 9.07. The highest BCUT2D eigenvalue weighted by molar-refractivity contribution is 7.88. The number of sulfonamides is 1. The van der Waals surface area contributed by atoms with Gasteiger partial charge >= 0.3 is 0 Å². The summed E-state index contributed by atoms with van der Waals surface area (Å²) in [6.45, 7) is 6.57. The minimum absolute atomic E-state index is 0.0452. The number of amides is 1. The molecule has 1 heterocycles. The van der Waals surface area contributed by atoms with Crippen molar-refractivity contribution < 1.29 is 13.2 Å². The van der Waals surface area contributed by atoms with Gasteiger partial charge in [0.05, 0.1) is 5.75 Å². The van der Waals surface area contributed by atoms with E-state index in [0.29, 0.717) is 24.2 Å². The van der Waals surface area contributed by atoms with Crippen LogP contribution in [0.1, 0.15) is 34.0 Å². The van der Waals surface area contributed by atoms with Gasteiger partial charge < -0.3 is 10.2 Å². The molecule has 29 heavy (non-hydrogen) atoms. The summed E-state index contributed by atoms with van der Waals surface area (Å²) in [4.78, 5) is 14.8. The van der Waals surface area contributed by atoms with Crippen LogP contribution in [0.5, 0.6) is 0 Å². The van der Waals surface area contributed by atoms with Gasteiger partial charge in [-0.25, -0.2) is 8.42 Å². The van der Waals surface area contributed by atoms with E-state index in [-0.39, 0.29) is 11.7 Å². The van der Waals surface area contributed by atoms with Crippen LogP contribution in [0.2, 0.25) is 0 Å². The Hall–Kier alpha value is -2.22. The maximum Gasteiger partial charge on any atom is 0.255 e. The molecule has 0 atom stereocenters. The Bertz CT molecular complexity index is 963. The van der Waals surface area contributed by atoms with Crippen molar-refractivity contribution in [3.63, 3.8) is 0 Å². The third-order valence-electron chi connectivity index (χ3n) is 5.40. The summed E-state index contributed by atoms with van der Waals surface area (Å²) in [7, 11) is -1.36. The number of hydrogen-bond acceptors (Lipinski definition) is 4. The van der Waals surface area contributed by atoms with Crippen molar-refractivity contribution in [3.05, 3.63) is 64.7 Å². The van der Waals surface area contributed by atoms with Crippen LogP contribution in [0.3, 0.4) is 0 Å². The highest BCUT2D eigenvalue weighted by Crippen LogP contribution is 2.22. The van der Waals surface area contributed by atoms with E-state index in [4.69, 9.17) is 0 Å². The average Bonchev–Trinajstić information content (AvgIpc) is 2.70. The normalized spacial score (nSPS) is 16.0. The van der Waals surface area contributed by atoms with Crippen molar-refractivity contribution >= 4 is 21.6 Å². The van der Waals surface area contributed by atoms with Crippen molar-refractivity contribution in [3.8, 4) is 0 Å². The van der Waals surface area contributed by atoms with Crippen LogP contribution in [0.15, 0.2) is 42.5 Å². The number of anilines is 1. The molecule has 0 radical (unpaired) electrons. The summed E-state index contributed by atoms with van der Waals surface area (Å²) in [5, 5.41) is 3.00. The topological polar surface area (TPSA) is 69.7 Å². The molecule has 1 N–H and O–H groups in total. The molecule has 1 aliphatic rings. The number of carbonyl (C=O) groups is 1. The summed E-state index contributed by atoms with van der Waals surface area (Å²) < 4.78 is 26.9. The maximum absolute atomic E-state index is 12.7. The summed E-state index contributed by atoms with van der Waals surface area (Å²) in [6.07, 6.45) is 0.834. The van der Waals surface area contributed by atoms with Gasteiger partial charge in [-0.3, -0.25) is 4.79 Å². The van der Waals surface area contributed by atoms with E-state index < -0.39 is 10.0 Å². The van der Waals surface area contributed by atoms with Gasteiger partial charge in [0.2, 0.25) is 10.0 Å². The number of rotatable bonds is 6. The molecule has 2 aromatic carbocycles. The molecule has 0 aromatic heterocycles. The smallest absolute Gasteiger partial charge is 0.255 e. The lowest BCUT2D eigenvalue weighted by molar-refractivity contribution is 0.102. The molecule has 1 amide bonds. The van der Waals surface area contributed by atoms with Crippen LogP contribution in [0.4, 0.5) is 5.69 Å². The lowest BCUT2D eigenvalue weighted by Gasteiger charge is -2.31. The van der Waals surface area contributed by atoms with Gasteiger partial charge in [-0.15, -0.1) is 0 Å². The highest BCUT2D eigenvalue weighted by atomic mass is 32.2. The number of piperazine rings is 1. The molecule has 1 saturated heterocycles. The van der Waals surface area contributed by atoms with Gasteiger partial charge in [-0.2, -0.15) is 4.31 Å². The predicted molar refractivity (Wildman–Crippen MR) is 117 cm³/mol. The van der Waals surface area contributed by atoms with Crippen molar-refractivity contribution in [1.82, 2.24) is 9.21 Å². The molecule has 1 aliphatic heterocycles. The average molecular weight is 416 g/mol. The summed E-state index contributed by atoms with van der Waals surface area (Å²) in [5.74, 6) is -0.237. The van der Waals surface area contributed by atoms with E-state index in [0.717, 1.165) is 36.3 Å². The quantitative estimate of drug-likeness (QED) is 0.788. The van der Waals surface area contributed by atoms with Crippen molar-refractivity contribution in [2.24, 2.45) is 0 Å². The van der Waals surface area contributed by atoms with Gasteiger partial charge in [0.15, 0.2) is 0 Å². The first-order valence-corrected chi connectivity index (χ1v) is 11.6. The Balaban J connectivity index is 1.68. The molecule has 1 fully saturated rings. The molecular weight excluding hydrogens is 386 g/mol. The van der Waals surface area contributed by atoms with E-state index in [1.807, 2.05) is 32.2 Å². The second-order valence-corrected chi connectivity index (χ2v) is 9.54. The van der Waals surface area contributed by atoms with Gasteiger partial charge in [0.1, 0.15) is 0 Å². The molecule has 2 aromatic rings. The van der Waals surface area contributed by atoms with E-state index in [1.54, 1.807) is 28.6 Å². The van der Waals surface area contributed by atoms with Gasteiger partial charge in [0, 0.05) is 37.4 Å². The molecule has 0 saturated carbocycles. The monoisotopic (exact) mass is 415 g/mol. The SMILES string of the molecule is CCc1cccc(C)c1NC(=O)c1ccc(CS(=O)(=O)N2CCN(C)CC2)cc1. The lowest BCUT2D eigenvalue weighted by atomic mass is 10.1. The van der Waals surface area contributed by atoms with Crippen LogP contribution in [0, 0.1) is 6.92 Å². The summed E-state index contributed by atoms with van der Waals surface area (Å²) in [5.41, 5.74) is 4.16. The van der Waals surface area contributed by atoms with E-state index in [9.17, 15) is 13.2 Å². The fraction of sp³-hybridized carbons (Fsp3) is 0.409. The molecular formula is C22H29N3O3S. The number of hydrogen-bond donors (Lipinski definition) is 1. The fourth-order valence-electron chi connectivity index (χ4n) is 3.51. The van der Waals surface area contributed by atoms with Crippen LogP contribution in [-0.2, 0) is 22.2 Å². The van der Waals surface area contributed by atoms with Crippen molar-refractivity contribution in [2.75, 3.05) is 38.5 Å². The van der Waals surface area contributed by atoms with Crippen LogP contribution >= 0.6 is 0 Å². The number of carbonyl (C=O) groups excluding carboxylic acids is 1. The number of nitrogens with one attached hydrogen (secondary N) is 1. The minimum Gasteiger partial charge on any atom is -0.321 e. The van der Waals surface area contributed by atoms with Gasteiger partial charge in [-0.1, -0.05) is 37.3 Å². The first kappa shape index (κ1) is 21.5. The largest absolute Gasteiger partial charge is 0.321 e. The Labute approximate surface area is 173 Å². The first-order chi connectivity index (χ1) is 13.8. The molecule has 0 spiro atoms. The number of benzene rings is 2. The third-order valence-corrected chi connectivity index (χ3v) is 7.25. The standard InChI is InChI=1S/C22H29N3O3S/c1-4-19-7-5-6-17(2)21(19)23-22(26)20-10-8-18(9-11-20)16-29(27,28)25-14-12-24(3)13-15-25/h5-11H,4,12-16H2,1-3H3,(H,23,26). The summed E-state index contributed by atoms with van der Waals surface area (Å²) in [6, 6.07) is 12.8. The predicted octanol–water partition coefficient (Wildman–Crippen LogP) is 2.89. The Morgan fingerprint density at radius 2 is 1.69 bits per heavy atom. The van der Waals surface area contributed by atoms with Crippen LogP contribution in [-0.4, -0.2) is 56.8 Å². The minimum atomic E-state index is -3.35. The Morgan fingerprint density at radius 1 is 1.03 bits per heavy atom. The Kier molecular flexibility index (Phi) is 6.72. The molecule has 0 unspecified atom stereocenters. The first-order valence-electron chi connectivity index (χ1n) is 9.95. The zero-order valence-electron chi connectivity index (χ0n) is 17.3. The number of para-hydroxylation sites is 1. The maximum atomic E-state index is 12.7.